The number of nitrogens with two attached hydrogens (primary N) is 1. The van der Waals surface area contributed by atoms with Gasteiger partial charge in [0, 0.05) is 7.05 Å². The van der Waals surface area contributed by atoms with Gasteiger partial charge in [-0.3, -0.25) is 0 Å². The molecule has 5 nitrogen and oxygen atoms in total. The van der Waals surface area contributed by atoms with E-state index < -0.39 is 0 Å². The molecule has 0 bridgehead atoms. The summed E-state index contributed by atoms with van der Waals surface area (Å²) in [6.07, 6.45) is 3.05. The fourth-order valence-electron chi connectivity index (χ4n) is 1.64. The number of nitrogen functional groups attached to an aromatic ring is 1. The lowest BCUT2D eigenvalue weighted by molar-refractivity contribution is 0.415. The van der Waals surface area contributed by atoms with Gasteiger partial charge in [0.05, 0.1) is 24.7 Å². The number of nitrogens with zero attached hydrogens (tertiary/aromatic N) is 3. The largest absolute Gasteiger partial charge is 0.495 e. The first kappa shape index (κ1) is 11.2. The average molecular weight is 230 g/mol. The molecule has 5 heteroatoms. The summed E-state index contributed by atoms with van der Waals surface area (Å²) in [4.78, 5) is 9.90. The molecule has 17 heavy (non-hydrogen) atoms. The lowest BCUT2D eigenvalue weighted by Gasteiger charge is -2.21. The fourth-order valence-corrected chi connectivity index (χ4v) is 1.64. The van der Waals surface area contributed by atoms with Crippen molar-refractivity contribution in [3.63, 3.8) is 0 Å². The summed E-state index contributed by atoms with van der Waals surface area (Å²) in [6.45, 7) is 0. The van der Waals surface area contributed by atoms with Crippen LogP contribution >= 0.6 is 0 Å². The van der Waals surface area contributed by atoms with Crippen molar-refractivity contribution in [3.05, 3.63) is 36.8 Å². The third-order valence-corrected chi connectivity index (χ3v) is 2.48. The molecule has 0 aliphatic carbocycles. The molecule has 0 saturated heterocycles. The van der Waals surface area contributed by atoms with Crippen molar-refractivity contribution in [2.45, 2.75) is 0 Å². The SMILES string of the molecule is COc1ccccc1N(C)c1ncncc1N. The second-order valence-electron chi connectivity index (χ2n) is 3.53. The van der Waals surface area contributed by atoms with E-state index in [1.807, 2.05) is 36.2 Å². The summed E-state index contributed by atoms with van der Waals surface area (Å²) in [7, 11) is 3.52. The predicted molar refractivity (Wildman–Crippen MR) is 67.5 cm³/mol. The van der Waals surface area contributed by atoms with Crippen LogP contribution in [0.15, 0.2) is 36.8 Å². The van der Waals surface area contributed by atoms with Gasteiger partial charge in [0.2, 0.25) is 0 Å². The lowest BCUT2D eigenvalue weighted by Crippen LogP contribution is -2.14. The van der Waals surface area contributed by atoms with Crippen LogP contribution in [-0.4, -0.2) is 24.1 Å². The van der Waals surface area contributed by atoms with Crippen molar-refractivity contribution < 1.29 is 4.74 Å². The molecule has 0 amide bonds. The van der Waals surface area contributed by atoms with Crippen molar-refractivity contribution in [2.75, 3.05) is 24.8 Å². The van der Waals surface area contributed by atoms with Gasteiger partial charge in [-0.1, -0.05) is 12.1 Å². The molecule has 1 heterocycles. The Morgan fingerprint density at radius 2 is 2.06 bits per heavy atom. The quantitative estimate of drug-likeness (QED) is 0.871. The molecule has 1 aromatic carbocycles. The molecule has 1 aromatic heterocycles. The van der Waals surface area contributed by atoms with Gasteiger partial charge in [0.25, 0.3) is 0 Å². The topological polar surface area (TPSA) is 64.3 Å². The van der Waals surface area contributed by atoms with Crippen LogP contribution in [0.5, 0.6) is 5.75 Å². The van der Waals surface area contributed by atoms with E-state index in [2.05, 4.69) is 9.97 Å². The van der Waals surface area contributed by atoms with Crippen molar-refractivity contribution >= 4 is 17.2 Å². The van der Waals surface area contributed by atoms with E-state index in [4.69, 9.17) is 10.5 Å². The zero-order chi connectivity index (χ0) is 12.3. The van der Waals surface area contributed by atoms with Crippen LogP contribution in [0.1, 0.15) is 0 Å². The van der Waals surface area contributed by atoms with Crippen LogP contribution in [0, 0.1) is 0 Å². The summed E-state index contributed by atoms with van der Waals surface area (Å²) in [5.74, 6) is 1.43. The third kappa shape index (κ3) is 2.13. The zero-order valence-corrected chi connectivity index (χ0v) is 9.79. The standard InChI is InChI=1S/C12H14N4O/c1-16(12-9(13)7-14-8-15-12)10-5-3-4-6-11(10)17-2/h3-8H,13H2,1-2H3. The van der Waals surface area contributed by atoms with Gasteiger partial charge >= 0.3 is 0 Å². The molecule has 88 valence electrons. The smallest absolute Gasteiger partial charge is 0.159 e. The van der Waals surface area contributed by atoms with Crippen molar-refractivity contribution in [2.24, 2.45) is 0 Å². The van der Waals surface area contributed by atoms with Crippen LogP contribution < -0.4 is 15.4 Å². The average Bonchev–Trinajstić information content (AvgIpc) is 2.38. The van der Waals surface area contributed by atoms with Crippen LogP contribution in [-0.2, 0) is 0 Å². The molecular formula is C12H14N4O. The van der Waals surface area contributed by atoms with Gasteiger partial charge in [-0.15, -0.1) is 0 Å². The monoisotopic (exact) mass is 230 g/mol. The molecule has 0 fully saturated rings. The first-order chi connectivity index (χ1) is 8.24. The molecule has 0 atom stereocenters. The Bertz CT molecular complexity index is 515. The van der Waals surface area contributed by atoms with Crippen LogP contribution in [0.3, 0.4) is 0 Å². The Labute approximate surface area is 99.9 Å². The molecule has 2 N–H and O–H groups in total. The molecular weight excluding hydrogens is 216 g/mol. The summed E-state index contributed by atoms with van der Waals surface area (Å²) in [5, 5.41) is 0. The summed E-state index contributed by atoms with van der Waals surface area (Å²) in [5.41, 5.74) is 7.27. The Hall–Kier alpha value is -2.30. The maximum absolute atomic E-state index is 5.84. The molecule has 2 rings (SSSR count). The van der Waals surface area contributed by atoms with Crippen molar-refractivity contribution in [1.29, 1.82) is 0 Å². The van der Waals surface area contributed by atoms with E-state index in [0.29, 0.717) is 11.5 Å². The fraction of sp³-hybridized carbons (Fsp3) is 0.167. The second-order valence-corrected chi connectivity index (χ2v) is 3.53. The highest BCUT2D eigenvalue weighted by molar-refractivity contribution is 5.73. The van der Waals surface area contributed by atoms with E-state index in [1.165, 1.54) is 6.33 Å². The van der Waals surface area contributed by atoms with E-state index >= 15 is 0 Å². The Balaban J connectivity index is 2.44. The number of benzene rings is 1. The van der Waals surface area contributed by atoms with Gasteiger partial charge in [0.1, 0.15) is 12.1 Å². The highest BCUT2D eigenvalue weighted by Gasteiger charge is 2.12. The second kappa shape index (κ2) is 4.69. The minimum absolute atomic E-state index is 0.529. The molecule has 0 spiro atoms. The number of aromatic nitrogens is 2. The van der Waals surface area contributed by atoms with E-state index in [9.17, 15) is 0 Å². The summed E-state index contributed by atoms with van der Waals surface area (Å²) in [6, 6.07) is 7.69. The van der Waals surface area contributed by atoms with E-state index in [1.54, 1.807) is 13.3 Å². The molecule has 2 aromatic rings. The Morgan fingerprint density at radius 3 is 2.76 bits per heavy atom. The molecule has 0 radical (unpaired) electrons. The Morgan fingerprint density at radius 1 is 1.29 bits per heavy atom. The van der Waals surface area contributed by atoms with Crippen LogP contribution in [0.4, 0.5) is 17.2 Å². The number of methoxy groups -OCH3 is 1. The van der Waals surface area contributed by atoms with Crippen molar-refractivity contribution in [1.82, 2.24) is 9.97 Å². The zero-order valence-electron chi connectivity index (χ0n) is 9.79. The predicted octanol–water partition coefficient (Wildman–Crippen LogP) is 1.84. The van der Waals surface area contributed by atoms with Gasteiger partial charge in [-0.25, -0.2) is 9.97 Å². The number of hydrogen-bond donors (Lipinski definition) is 1. The number of para-hydroxylation sites is 2. The first-order valence-electron chi connectivity index (χ1n) is 5.16. The first-order valence-corrected chi connectivity index (χ1v) is 5.16. The van der Waals surface area contributed by atoms with Crippen LogP contribution in [0.2, 0.25) is 0 Å². The highest BCUT2D eigenvalue weighted by atomic mass is 16.5. The molecule has 0 aliphatic heterocycles. The van der Waals surface area contributed by atoms with E-state index in [-0.39, 0.29) is 0 Å². The van der Waals surface area contributed by atoms with Crippen LogP contribution in [0.25, 0.3) is 0 Å². The summed E-state index contributed by atoms with van der Waals surface area (Å²) < 4.78 is 5.30. The van der Waals surface area contributed by atoms with Gasteiger partial charge in [-0.2, -0.15) is 0 Å². The highest BCUT2D eigenvalue weighted by Crippen LogP contribution is 2.32. The van der Waals surface area contributed by atoms with Crippen molar-refractivity contribution in [3.8, 4) is 5.75 Å². The molecule has 0 aliphatic rings. The lowest BCUT2D eigenvalue weighted by atomic mass is 10.2. The molecule has 0 saturated carbocycles. The Kier molecular flexibility index (Phi) is 3.09. The van der Waals surface area contributed by atoms with E-state index in [0.717, 1.165) is 11.4 Å². The maximum atomic E-state index is 5.84. The number of anilines is 3. The summed E-state index contributed by atoms with van der Waals surface area (Å²) >= 11 is 0. The maximum Gasteiger partial charge on any atom is 0.159 e. The van der Waals surface area contributed by atoms with Gasteiger partial charge in [-0.05, 0) is 12.1 Å². The minimum atomic E-state index is 0.529. The number of ether oxygens (including phenoxy) is 1. The third-order valence-electron chi connectivity index (χ3n) is 2.48. The normalized spacial score (nSPS) is 10.0. The number of hydrogen-bond acceptors (Lipinski definition) is 5. The molecule has 0 unspecified atom stereocenters. The van der Waals surface area contributed by atoms with Gasteiger partial charge in [0.15, 0.2) is 5.82 Å². The minimum Gasteiger partial charge on any atom is -0.495 e. The van der Waals surface area contributed by atoms with Gasteiger partial charge < -0.3 is 15.4 Å². The number of rotatable bonds is 3.